The minimum atomic E-state index is 0. The molecule has 0 aromatic carbocycles. The van der Waals surface area contributed by atoms with Crippen LogP contribution in [0.4, 0.5) is 0 Å². The molecule has 2 nitrogen and oxygen atoms in total. The molecule has 1 radical (unpaired) electrons. The van der Waals surface area contributed by atoms with Crippen molar-refractivity contribution < 1.29 is 17.1 Å². The fourth-order valence-corrected chi connectivity index (χ4v) is 9.19. The van der Waals surface area contributed by atoms with Crippen molar-refractivity contribution in [1.82, 2.24) is 9.80 Å². The fraction of sp³-hybridized carbons (Fsp3) is 0.963. The maximum Gasteiger partial charge on any atom is 2.00 e. The molecule has 0 saturated carbocycles. The predicted molar refractivity (Wildman–Crippen MR) is 289 cm³/mol. The molecule has 0 rings (SSSR count). The fourth-order valence-electron chi connectivity index (χ4n) is 8.46. The molecule has 7 heteroatoms. The quantitative estimate of drug-likeness (QED) is 0.0258. The van der Waals surface area contributed by atoms with Gasteiger partial charge in [-0.2, -0.15) is 0 Å². The van der Waals surface area contributed by atoms with Crippen molar-refractivity contribution >= 4 is 58.3 Å². The van der Waals surface area contributed by atoms with E-state index in [0.29, 0.717) is 8.64 Å². The van der Waals surface area contributed by atoms with Gasteiger partial charge in [0, 0.05) is 26.2 Å². The minimum Gasteiger partial charge on any atom is -0.411 e. The van der Waals surface area contributed by atoms with Gasteiger partial charge in [0.05, 0.1) is 0 Å². The van der Waals surface area contributed by atoms with Crippen LogP contribution in [0.2, 0.25) is 0 Å². The maximum atomic E-state index is 5.32. The Labute approximate surface area is 418 Å². The summed E-state index contributed by atoms with van der Waals surface area (Å²) in [5.41, 5.74) is 0. The van der Waals surface area contributed by atoms with Gasteiger partial charge < -0.3 is 59.5 Å². The second-order valence-corrected chi connectivity index (χ2v) is 20.7. The molecule has 0 bridgehead atoms. The van der Waals surface area contributed by atoms with Gasteiger partial charge in [-0.25, -0.2) is 0 Å². The number of unbranched alkanes of at least 4 members (excludes halogenated alkanes) is 40. The zero-order valence-corrected chi connectivity index (χ0v) is 46.0. The normalized spacial score (nSPS) is 11.0. The monoisotopic (exact) mass is 976 g/mol. The molecule has 0 saturated heterocycles. The molecule has 0 spiro atoms. The Morgan fingerprint density at radius 2 is 0.361 bits per heavy atom. The summed E-state index contributed by atoms with van der Waals surface area (Å²) < 4.78 is 1.38. The molecule has 0 aliphatic heterocycles. The van der Waals surface area contributed by atoms with Crippen LogP contribution in [-0.2, 0) is 42.3 Å². The molecule has 369 valence electrons. The Balaban J connectivity index is -0.00000109. The van der Waals surface area contributed by atoms with Crippen LogP contribution in [0.25, 0.3) is 0 Å². The van der Waals surface area contributed by atoms with Gasteiger partial charge in [0.1, 0.15) is 0 Å². The third-order valence-electron chi connectivity index (χ3n) is 12.6. The third-order valence-corrected chi connectivity index (χ3v) is 13.7. The van der Waals surface area contributed by atoms with Crippen LogP contribution in [-0.4, -0.2) is 44.6 Å². The first-order chi connectivity index (χ1) is 29.4. The molecular formula is C54H108CuN2S4. The van der Waals surface area contributed by atoms with E-state index in [1.807, 2.05) is 0 Å². The van der Waals surface area contributed by atoms with Gasteiger partial charge in [0.25, 0.3) is 0 Å². The van der Waals surface area contributed by atoms with E-state index in [1.54, 1.807) is 0 Å². The Bertz CT molecular complexity index is 713. The summed E-state index contributed by atoms with van der Waals surface area (Å²) in [7, 11) is 0. The molecule has 0 N–H and O–H groups in total. The molecule has 0 amide bonds. The van der Waals surface area contributed by atoms with Crippen LogP contribution in [0.3, 0.4) is 0 Å². The molecule has 0 aliphatic carbocycles. The van der Waals surface area contributed by atoms with Crippen molar-refractivity contribution in [3.63, 3.8) is 0 Å². The molecular weight excluding hydrogens is 868 g/mol. The summed E-state index contributed by atoms with van der Waals surface area (Å²) in [6, 6.07) is 0. The molecule has 0 fully saturated rings. The Morgan fingerprint density at radius 3 is 0.475 bits per heavy atom. The predicted octanol–water partition coefficient (Wildman–Crippen LogP) is 19.5. The number of rotatable bonds is 48. The number of hydrogen-bond donors (Lipinski definition) is 0. The number of nitrogens with zero attached hydrogens (tertiary/aromatic N) is 2. The number of hydrogen-bond acceptors (Lipinski definition) is 4. The summed E-state index contributed by atoms with van der Waals surface area (Å²) in [5.74, 6) is 0. The average Bonchev–Trinajstić information content (AvgIpc) is 3.24. The average molecular weight is 977 g/mol. The van der Waals surface area contributed by atoms with Gasteiger partial charge >= 0.3 is 17.1 Å². The van der Waals surface area contributed by atoms with Crippen LogP contribution in [0, 0.1) is 0 Å². The van der Waals surface area contributed by atoms with Crippen LogP contribution in [0.1, 0.15) is 310 Å². The third kappa shape index (κ3) is 56.8. The summed E-state index contributed by atoms with van der Waals surface area (Å²) in [6.07, 6.45) is 61.3. The summed E-state index contributed by atoms with van der Waals surface area (Å²) in [5, 5.41) is 0. The second-order valence-electron chi connectivity index (χ2n) is 18.6. The van der Waals surface area contributed by atoms with Crippen LogP contribution in [0.5, 0.6) is 0 Å². The molecule has 0 heterocycles. The zero-order chi connectivity index (χ0) is 44.3. The van der Waals surface area contributed by atoms with Gasteiger partial charge in [-0.3, -0.25) is 0 Å². The van der Waals surface area contributed by atoms with Crippen molar-refractivity contribution in [2.75, 3.05) is 26.2 Å². The van der Waals surface area contributed by atoms with E-state index in [-0.39, 0.29) is 17.1 Å². The molecule has 0 aromatic heterocycles. The van der Waals surface area contributed by atoms with Crippen molar-refractivity contribution in [2.24, 2.45) is 0 Å². The topological polar surface area (TPSA) is 6.48 Å². The van der Waals surface area contributed by atoms with Crippen molar-refractivity contribution in [3.8, 4) is 0 Å². The van der Waals surface area contributed by atoms with Gasteiger partial charge in [-0.05, 0) is 25.7 Å². The van der Waals surface area contributed by atoms with Crippen molar-refractivity contribution in [2.45, 2.75) is 310 Å². The first-order valence-electron chi connectivity index (χ1n) is 27.4. The van der Waals surface area contributed by atoms with Crippen molar-refractivity contribution in [1.29, 1.82) is 0 Å². The van der Waals surface area contributed by atoms with E-state index in [0.717, 1.165) is 26.2 Å². The summed E-state index contributed by atoms with van der Waals surface area (Å²) in [4.78, 5) is 4.57. The summed E-state index contributed by atoms with van der Waals surface area (Å²) >= 11 is 21.3. The molecule has 61 heavy (non-hydrogen) atoms. The van der Waals surface area contributed by atoms with E-state index >= 15 is 0 Å². The van der Waals surface area contributed by atoms with E-state index in [1.165, 1.54) is 283 Å². The van der Waals surface area contributed by atoms with E-state index in [2.05, 4.69) is 37.5 Å². The largest absolute Gasteiger partial charge is 2.00 e. The first-order valence-corrected chi connectivity index (χ1v) is 29.0. The SMILES string of the molecule is CCCCCCCCCCCCCN(CCCCCCCCCCCCC)C(=S)[S-].CCCCCCCCCCCCCN(CCCCCCCCCCCCC)C(=S)[S-].[Cu+2]. The van der Waals surface area contributed by atoms with E-state index in [4.69, 9.17) is 49.7 Å². The Hall–Kier alpha value is 0.739. The molecule has 0 unspecified atom stereocenters. The van der Waals surface area contributed by atoms with Crippen LogP contribution < -0.4 is 0 Å². The standard InChI is InChI=1S/2C27H55NS2.Cu/c2*1-3-5-7-9-11-13-15-17-19-21-23-25-28(27(29)30)26-24-22-20-18-16-14-12-10-8-6-4-2;/h2*3-26H2,1-2H3,(H,29,30);/q;;+2/p-2. The van der Waals surface area contributed by atoms with Gasteiger partial charge in [0.15, 0.2) is 0 Å². The Kier molecular flexibility index (Phi) is 63.6. The zero-order valence-electron chi connectivity index (χ0n) is 41.8. The summed E-state index contributed by atoms with van der Waals surface area (Å²) in [6.45, 7) is 13.5. The van der Waals surface area contributed by atoms with Gasteiger partial charge in [0.2, 0.25) is 0 Å². The van der Waals surface area contributed by atoms with E-state index < -0.39 is 0 Å². The maximum absolute atomic E-state index is 5.32. The minimum absolute atomic E-state index is 0. The van der Waals surface area contributed by atoms with Crippen LogP contribution in [0.15, 0.2) is 0 Å². The van der Waals surface area contributed by atoms with E-state index in [9.17, 15) is 0 Å². The first kappa shape index (κ1) is 66.0. The molecule has 0 atom stereocenters. The smallest absolute Gasteiger partial charge is 0.411 e. The molecule has 0 aromatic rings. The van der Waals surface area contributed by atoms with Gasteiger partial charge in [-0.15, -0.1) is 0 Å². The number of thiocarbonyl (C=S) groups is 2. The van der Waals surface area contributed by atoms with Crippen molar-refractivity contribution in [3.05, 3.63) is 0 Å². The Morgan fingerprint density at radius 1 is 0.246 bits per heavy atom. The van der Waals surface area contributed by atoms with Gasteiger partial charge in [-0.1, -0.05) is 293 Å². The van der Waals surface area contributed by atoms with Crippen LogP contribution >= 0.6 is 24.4 Å². The molecule has 0 aliphatic rings. The second kappa shape index (κ2) is 58.8.